The summed E-state index contributed by atoms with van der Waals surface area (Å²) in [6.45, 7) is 4.98. The number of hydrogen-bond donors (Lipinski definition) is 0. The Morgan fingerprint density at radius 2 is 2.05 bits per heavy atom. The van der Waals surface area contributed by atoms with Gasteiger partial charge in [0.2, 0.25) is 0 Å². The molecule has 0 amide bonds. The molecule has 0 fully saturated rings. The maximum absolute atomic E-state index is 12.0. The highest BCUT2D eigenvalue weighted by Gasteiger charge is 2.09. The van der Waals surface area contributed by atoms with Crippen LogP contribution in [0.5, 0.6) is 0 Å². The first-order valence-electron chi connectivity index (χ1n) is 7.54. The van der Waals surface area contributed by atoms with Gasteiger partial charge in [-0.15, -0.1) is 0 Å². The normalized spacial score (nSPS) is 11.0. The van der Waals surface area contributed by atoms with Crippen molar-refractivity contribution in [3.05, 3.63) is 52.7 Å². The van der Waals surface area contributed by atoms with Gasteiger partial charge in [0.25, 0.3) is 0 Å². The molecule has 0 bridgehead atoms. The van der Waals surface area contributed by atoms with Crippen LogP contribution in [-0.4, -0.2) is 19.5 Å². The molecule has 0 unspecified atom stereocenters. The third-order valence-corrected chi connectivity index (χ3v) is 3.61. The number of aryl methyl sites for hydroxylation is 2. The van der Waals surface area contributed by atoms with Gasteiger partial charge in [-0.05, 0) is 25.0 Å². The van der Waals surface area contributed by atoms with Crippen LogP contribution in [0.3, 0.4) is 0 Å². The molecule has 0 radical (unpaired) electrons. The summed E-state index contributed by atoms with van der Waals surface area (Å²) in [5.74, 6) is 0.625. The van der Waals surface area contributed by atoms with Gasteiger partial charge >= 0.3 is 0 Å². The second-order valence-corrected chi connectivity index (χ2v) is 5.19. The zero-order valence-corrected chi connectivity index (χ0v) is 12.8. The van der Waals surface area contributed by atoms with E-state index in [0.29, 0.717) is 16.9 Å². The van der Waals surface area contributed by atoms with Crippen LogP contribution in [0.15, 0.2) is 41.6 Å². The van der Waals surface area contributed by atoms with Crippen molar-refractivity contribution in [1.29, 1.82) is 0 Å². The molecule has 22 heavy (non-hydrogen) atoms. The van der Waals surface area contributed by atoms with Crippen molar-refractivity contribution in [2.45, 2.75) is 33.2 Å². The fourth-order valence-corrected chi connectivity index (χ4v) is 2.45. The summed E-state index contributed by atoms with van der Waals surface area (Å²) in [6.07, 6.45) is 7.04. The van der Waals surface area contributed by atoms with Crippen LogP contribution in [0.25, 0.3) is 22.4 Å². The molecule has 3 heterocycles. The molecule has 5 heteroatoms. The lowest BCUT2D eigenvalue weighted by molar-refractivity contribution is 0.690. The Balaban J connectivity index is 2.19. The van der Waals surface area contributed by atoms with E-state index in [9.17, 15) is 4.79 Å². The monoisotopic (exact) mass is 294 g/mol. The van der Waals surface area contributed by atoms with E-state index in [2.05, 4.69) is 28.8 Å². The van der Waals surface area contributed by atoms with Gasteiger partial charge in [-0.25, -0.2) is 9.97 Å². The first-order chi connectivity index (χ1) is 10.7. The summed E-state index contributed by atoms with van der Waals surface area (Å²) < 4.78 is 2.00. The topological polar surface area (TPSA) is 60.7 Å². The molecule has 3 aromatic heterocycles. The smallest absolute Gasteiger partial charge is 0.192 e. The lowest BCUT2D eigenvalue weighted by atomic mass is 10.2. The Morgan fingerprint density at radius 3 is 2.82 bits per heavy atom. The lowest BCUT2D eigenvalue weighted by Crippen LogP contribution is -2.10. The van der Waals surface area contributed by atoms with E-state index >= 15 is 0 Å². The number of rotatable bonds is 4. The Hall–Kier alpha value is -2.56. The van der Waals surface area contributed by atoms with E-state index in [1.165, 1.54) is 0 Å². The molecular formula is C17H18N4O. The second-order valence-electron chi connectivity index (χ2n) is 5.19. The maximum Gasteiger partial charge on any atom is 0.192 e. The molecule has 3 aromatic rings. The SMILES string of the molecule is CCCn1ccc(=O)c2cnc(-c3ccnc(CC)c3)nc21. The largest absolute Gasteiger partial charge is 0.332 e. The average molecular weight is 294 g/mol. The van der Waals surface area contributed by atoms with Gasteiger partial charge in [0.05, 0.1) is 5.39 Å². The number of aromatic nitrogens is 4. The Labute approximate surface area is 128 Å². The van der Waals surface area contributed by atoms with Gasteiger partial charge in [-0.1, -0.05) is 13.8 Å². The van der Waals surface area contributed by atoms with Crippen molar-refractivity contribution >= 4 is 11.0 Å². The molecule has 0 aliphatic rings. The van der Waals surface area contributed by atoms with Gasteiger partial charge in [-0.2, -0.15) is 0 Å². The van der Waals surface area contributed by atoms with Gasteiger partial charge in [-0.3, -0.25) is 9.78 Å². The third-order valence-electron chi connectivity index (χ3n) is 3.61. The highest BCUT2D eigenvalue weighted by molar-refractivity contribution is 5.76. The summed E-state index contributed by atoms with van der Waals surface area (Å²) in [6, 6.07) is 5.46. The van der Waals surface area contributed by atoms with E-state index in [1.807, 2.05) is 16.7 Å². The van der Waals surface area contributed by atoms with Crippen molar-refractivity contribution in [3.63, 3.8) is 0 Å². The standard InChI is InChI=1S/C17H18N4O/c1-3-8-21-9-6-15(22)14-11-19-16(20-17(14)21)12-5-7-18-13(4-2)10-12/h5-7,9-11H,3-4,8H2,1-2H3. The molecule has 0 spiro atoms. The molecular weight excluding hydrogens is 276 g/mol. The molecule has 0 atom stereocenters. The lowest BCUT2D eigenvalue weighted by Gasteiger charge is -2.09. The first-order valence-corrected chi connectivity index (χ1v) is 7.54. The van der Waals surface area contributed by atoms with Crippen LogP contribution in [0.4, 0.5) is 0 Å². The Morgan fingerprint density at radius 1 is 1.18 bits per heavy atom. The molecule has 0 saturated carbocycles. The average Bonchev–Trinajstić information content (AvgIpc) is 2.57. The molecule has 0 aliphatic carbocycles. The van der Waals surface area contributed by atoms with Crippen LogP contribution in [0.1, 0.15) is 26.0 Å². The van der Waals surface area contributed by atoms with Crippen molar-refractivity contribution in [3.8, 4) is 11.4 Å². The number of fused-ring (bicyclic) bond motifs is 1. The van der Waals surface area contributed by atoms with Gasteiger partial charge in [0, 0.05) is 42.5 Å². The second kappa shape index (κ2) is 6.05. The zero-order chi connectivity index (χ0) is 15.5. The highest BCUT2D eigenvalue weighted by atomic mass is 16.1. The number of hydrogen-bond acceptors (Lipinski definition) is 4. The zero-order valence-electron chi connectivity index (χ0n) is 12.8. The molecule has 112 valence electrons. The van der Waals surface area contributed by atoms with Gasteiger partial charge in [0.15, 0.2) is 11.3 Å². The molecule has 5 nitrogen and oxygen atoms in total. The van der Waals surface area contributed by atoms with Gasteiger partial charge < -0.3 is 4.57 Å². The van der Waals surface area contributed by atoms with E-state index in [1.54, 1.807) is 24.7 Å². The third kappa shape index (κ3) is 2.62. The maximum atomic E-state index is 12.0. The fraction of sp³-hybridized carbons (Fsp3) is 0.294. The van der Waals surface area contributed by atoms with Crippen LogP contribution < -0.4 is 5.43 Å². The van der Waals surface area contributed by atoms with E-state index in [-0.39, 0.29) is 5.43 Å². The summed E-state index contributed by atoms with van der Waals surface area (Å²) in [7, 11) is 0. The minimum Gasteiger partial charge on any atom is -0.332 e. The highest BCUT2D eigenvalue weighted by Crippen LogP contribution is 2.17. The van der Waals surface area contributed by atoms with Gasteiger partial charge in [0.1, 0.15) is 5.65 Å². The van der Waals surface area contributed by atoms with Crippen molar-refractivity contribution in [2.24, 2.45) is 0 Å². The predicted octanol–water partition coefficient (Wildman–Crippen LogP) is 2.83. The number of nitrogens with zero attached hydrogens (tertiary/aromatic N) is 4. The van der Waals surface area contributed by atoms with Crippen LogP contribution in [0.2, 0.25) is 0 Å². The molecule has 0 aromatic carbocycles. The quantitative estimate of drug-likeness (QED) is 0.742. The van der Waals surface area contributed by atoms with E-state index < -0.39 is 0 Å². The molecule has 0 N–H and O–H groups in total. The van der Waals surface area contributed by atoms with E-state index in [4.69, 9.17) is 0 Å². The molecule has 0 saturated heterocycles. The Kier molecular flexibility index (Phi) is 3.96. The molecule has 3 rings (SSSR count). The van der Waals surface area contributed by atoms with Crippen molar-refractivity contribution in [1.82, 2.24) is 19.5 Å². The summed E-state index contributed by atoms with van der Waals surface area (Å²) in [5.41, 5.74) is 2.57. The van der Waals surface area contributed by atoms with Crippen molar-refractivity contribution in [2.75, 3.05) is 0 Å². The summed E-state index contributed by atoms with van der Waals surface area (Å²) in [5, 5.41) is 0.560. The fourth-order valence-electron chi connectivity index (χ4n) is 2.45. The van der Waals surface area contributed by atoms with Crippen molar-refractivity contribution < 1.29 is 0 Å². The van der Waals surface area contributed by atoms with Crippen LogP contribution in [0, 0.1) is 0 Å². The van der Waals surface area contributed by atoms with E-state index in [0.717, 1.165) is 30.6 Å². The van der Waals surface area contributed by atoms with Crippen LogP contribution in [-0.2, 0) is 13.0 Å². The Bertz CT molecular complexity index is 870. The number of pyridine rings is 2. The summed E-state index contributed by atoms with van der Waals surface area (Å²) in [4.78, 5) is 25.3. The molecule has 0 aliphatic heterocycles. The summed E-state index contributed by atoms with van der Waals surface area (Å²) >= 11 is 0. The first kappa shape index (κ1) is 14.4. The predicted molar refractivity (Wildman–Crippen MR) is 86.7 cm³/mol. The minimum atomic E-state index is -0.0436. The van der Waals surface area contributed by atoms with Crippen LogP contribution >= 0.6 is 0 Å². The minimum absolute atomic E-state index is 0.0436.